The smallest absolute Gasteiger partial charge is 0.408 e. The molecule has 2 aromatic rings. The van der Waals surface area contributed by atoms with Crippen molar-refractivity contribution in [3.8, 4) is 0 Å². The molecule has 2 heterocycles. The van der Waals surface area contributed by atoms with E-state index >= 15 is 0 Å². The van der Waals surface area contributed by atoms with E-state index in [-0.39, 0.29) is 18.1 Å². The lowest BCUT2D eigenvalue weighted by molar-refractivity contribution is -0.130. The zero-order chi connectivity index (χ0) is 15.5. The second-order valence-corrected chi connectivity index (χ2v) is 5.56. The van der Waals surface area contributed by atoms with E-state index in [9.17, 15) is 9.59 Å². The Morgan fingerprint density at radius 2 is 2.27 bits per heavy atom. The van der Waals surface area contributed by atoms with Crippen molar-refractivity contribution in [3.63, 3.8) is 0 Å². The third kappa shape index (κ3) is 2.92. The molecular weight excluding hydrogens is 284 g/mol. The van der Waals surface area contributed by atoms with Gasteiger partial charge in [0.1, 0.15) is 6.10 Å². The van der Waals surface area contributed by atoms with Crippen molar-refractivity contribution < 1.29 is 13.9 Å². The third-order valence-corrected chi connectivity index (χ3v) is 4.04. The summed E-state index contributed by atoms with van der Waals surface area (Å²) in [6.07, 6.45) is 2.05. The number of nitrogens with one attached hydrogen (secondary N) is 1. The van der Waals surface area contributed by atoms with Gasteiger partial charge in [-0.3, -0.25) is 9.36 Å². The summed E-state index contributed by atoms with van der Waals surface area (Å²) in [5.74, 6) is -0.490. The number of aromatic nitrogens is 1. The van der Waals surface area contributed by atoms with Crippen molar-refractivity contribution >= 4 is 17.0 Å². The fraction of sp³-hybridized carbons (Fsp3) is 0.500. The maximum absolute atomic E-state index is 12.1. The molecule has 3 rings (SSSR count). The van der Waals surface area contributed by atoms with E-state index in [1.165, 1.54) is 0 Å². The fourth-order valence-corrected chi connectivity index (χ4v) is 2.76. The summed E-state index contributed by atoms with van der Waals surface area (Å²) in [7, 11) is 0. The largest absolute Gasteiger partial charge is 0.420 e. The minimum Gasteiger partial charge on any atom is -0.408 e. The molecule has 0 spiro atoms. The molecule has 1 amide bonds. The molecule has 1 aliphatic heterocycles. The molecule has 6 heteroatoms. The number of hydrogen-bond donors (Lipinski definition) is 1. The van der Waals surface area contributed by atoms with E-state index in [1.54, 1.807) is 10.6 Å². The molecule has 6 nitrogen and oxygen atoms in total. The molecule has 1 N–H and O–H groups in total. The van der Waals surface area contributed by atoms with Crippen molar-refractivity contribution in [2.45, 2.75) is 44.9 Å². The van der Waals surface area contributed by atoms with Crippen LogP contribution in [0.1, 0.15) is 26.2 Å². The molecule has 0 aliphatic carbocycles. The molecule has 0 saturated carbocycles. The predicted molar refractivity (Wildman–Crippen MR) is 81.7 cm³/mol. The lowest BCUT2D eigenvalue weighted by atomic mass is 10.1. The Kier molecular flexibility index (Phi) is 4.29. The number of amides is 1. The van der Waals surface area contributed by atoms with Crippen LogP contribution < -0.4 is 11.1 Å². The number of para-hydroxylation sites is 2. The second-order valence-electron chi connectivity index (χ2n) is 5.56. The highest BCUT2D eigenvalue weighted by Gasteiger charge is 2.25. The van der Waals surface area contributed by atoms with Gasteiger partial charge in [-0.2, -0.15) is 0 Å². The maximum Gasteiger partial charge on any atom is 0.420 e. The first-order valence-corrected chi connectivity index (χ1v) is 7.69. The third-order valence-electron chi connectivity index (χ3n) is 4.04. The number of carbonyl (C=O) groups is 1. The normalized spacial score (nSPS) is 19.4. The zero-order valence-corrected chi connectivity index (χ0v) is 12.6. The van der Waals surface area contributed by atoms with E-state index in [1.807, 2.05) is 25.1 Å². The van der Waals surface area contributed by atoms with Gasteiger partial charge in [0.2, 0.25) is 5.91 Å². The lowest BCUT2D eigenvalue weighted by Gasteiger charge is -2.19. The molecule has 118 valence electrons. The monoisotopic (exact) mass is 304 g/mol. The van der Waals surface area contributed by atoms with E-state index in [0.29, 0.717) is 18.7 Å². The average Bonchev–Trinajstić information content (AvgIpc) is 3.15. The van der Waals surface area contributed by atoms with Crippen LogP contribution in [0.5, 0.6) is 0 Å². The number of nitrogens with zero attached hydrogens (tertiary/aromatic N) is 1. The van der Waals surface area contributed by atoms with Gasteiger partial charge in [0.25, 0.3) is 0 Å². The van der Waals surface area contributed by atoms with Gasteiger partial charge in [-0.05, 0) is 31.4 Å². The zero-order valence-electron chi connectivity index (χ0n) is 12.6. The highest BCUT2D eigenvalue weighted by molar-refractivity contribution is 5.81. The van der Waals surface area contributed by atoms with Crippen molar-refractivity contribution in [1.29, 1.82) is 0 Å². The summed E-state index contributed by atoms with van der Waals surface area (Å²) >= 11 is 0. The fourth-order valence-electron chi connectivity index (χ4n) is 2.76. The maximum atomic E-state index is 12.1. The molecule has 1 aromatic heterocycles. The average molecular weight is 304 g/mol. The van der Waals surface area contributed by atoms with Crippen LogP contribution in [-0.2, 0) is 16.1 Å². The topological polar surface area (TPSA) is 73.5 Å². The van der Waals surface area contributed by atoms with Crippen LogP contribution in [0, 0.1) is 0 Å². The van der Waals surface area contributed by atoms with Gasteiger partial charge >= 0.3 is 5.76 Å². The number of rotatable bonds is 5. The van der Waals surface area contributed by atoms with Crippen molar-refractivity contribution in [3.05, 3.63) is 34.8 Å². The van der Waals surface area contributed by atoms with E-state index in [2.05, 4.69) is 5.32 Å². The summed E-state index contributed by atoms with van der Waals surface area (Å²) in [4.78, 5) is 24.1. The Morgan fingerprint density at radius 3 is 3.00 bits per heavy atom. The van der Waals surface area contributed by atoms with E-state index < -0.39 is 5.76 Å². The first-order chi connectivity index (χ1) is 10.7. The Balaban J connectivity index is 1.75. The van der Waals surface area contributed by atoms with Crippen LogP contribution in [-0.4, -0.2) is 29.2 Å². The Hall–Kier alpha value is -2.08. The first kappa shape index (κ1) is 14.8. The Bertz CT molecular complexity index is 712. The summed E-state index contributed by atoms with van der Waals surface area (Å²) in [5, 5.41) is 2.97. The van der Waals surface area contributed by atoms with Gasteiger partial charge in [0, 0.05) is 19.2 Å². The van der Waals surface area contributed by atoms with Crippen LogP contribution in [0.25, 0.3) is 11.1 Å². The quantitative estimate of drug-likeness (QED) is 0.912. The molecule has 1 aromatic carbocycles. The minimum absolute atomic E-state index is 0.0924. The molecule has 1 fully saturated rings. The summed E-state index contributed by atoms with van der Waals surface area (Å²) in [6.45, 7) is 3.01. The standard InChI is InChI=1S/C16H20N2O4/c1-2-11(17-15(19)14-8-5-9-21-14)10-18-12-6-3-4-7-13(12)22-16(18)20/h3-4,6-7,11,14H,2,5,8-10H2,1H3,(H,17,19)/t11-,14+/m1/s1. The van der Waals surface area contributed by atoms with E-state index in [0.717, 1.165) is 24.8 Å². The van der Waals surface area contributed by atoms with Gasteiger partial charge in [0.15, 0.2) is 5.58 Å². The molecular formula is C16H20N2O4. The van der Waals surface area contributed by atoms with E-state index in [4.69, 9.17) is 9.15 Å². The molecule has 2 atom stereocenters. The Morgan fingerprint density at radius 1 is 1.45 bits per heavy atom. The van der Waals surface area contributed by atoms with Crippen molar-refractivity contribution in [2.24, 2.45) is 0 Å². The van der Waals surface area contributed by atoms with Gasteiger partial charge < -0.3 is 14.5 Å². The molecule has 0 unspecified atom stereocenters. The Labute approximate surface area is 128 Å². The van der Waals surface area contributed by atoms with Crippen LogP contribution in [0.2, 0.25) is 0 Å². The lowest BCUT2D eigenvalue weighted by Crippen LogP contribution is -2.43. The van der Waals surface area contributed by atoms with Crippen LogP contribution in [0.15, 0.2) is 33.5 Å². The van der Waals surface area contributed by atoms with Crippen LogP contribution in [0.3, 0.4) is 0 Å². The van der Waals surface area contributed by atoms with Crippen molar-refractivity contribution in [1.82, 2.24) is 9.88 Å². The number of benzene rings is 1. The highest BCUT2D eigenvalue weighted by Crippen LogP contribution is 2.14. The molecule has 1 aliphatic rings. The minimum atomic E-state index is -0.397. The molecule has 22 heavy (non-hydrogen) atoms. The number of ether oxygens (including phenoxy) is 1. The van der Waals surface area contributed by atoms with Crippen molar-refractivity contribution in [2.75, 3.05) is 6.61 Å². The van der Waals surface area contributed by atoms with Gasteiger partial charge in [-0.1, -0.05) is 19.1 Å². The highest BCUT2D eigenvalue weighted by atomic mass is 16.5. The summed E-state index contributed by atoms with van der Waals surface area (Å²) in [6, 6.07) is 7.16. The number of hydrogen-bond acceptors (Lipinski definition) is 4. The van der Waals surface area contributed by atoms with Gasteiger partial charge in [-0.25, -0.2) is 4.79 Å². The van der Waals surface area contributed by atoms with Crippen LogP contribution in [0.4, 0.5) is 0 Å². The molecule has 1 saturated heterocycles. The summed E-state index contributed by atoms with van der Waals surface area (Å²) in [5.41, 5.74) is 1.31. The number of oxazole rings is 1. The first-order valence-electron chi connectivity index (χ1n) is 7.69. The van der Waals surface area contributed by atoms with Gasteiger partial charge in [0.05, 0.1) is 5.52 Å². The number of fused-ring (bicyclic) bond motifs is 1. The van der Waals surface area contributed by atoms with Crippen LogP contribution >= 0.6 is 0 Å². The molecule has 0 bridgehead atoms. The number of carbonyl (C=O) groups excluding carboxylic acids is 1. The SMILES string of the molecule is CC[C@H](Cn1c(=O)oc2ccccc21)NC(=O)[C@@H]1CCCO1. The second kappa shape index (κ2) is 6.36. The molecule has 0 radical (unpaired) electrons. The summed E-state index contributed by atoms with van der Waals surface area (Å²) < 4.78 is 12.2. The predicted octanol–water partition coefficient (Wildman–Crippen LogP) is 1.67. The van der Waals surface area contributed by atoms with Gasteiger partial charge in [-0.15, -0.1) is 0 Å².